The molecule has 1 aliphatic rings. The Bertz CT molecular complexity index is 259. The zero-order valence-corrected chi connectivity index (χ0v) is 8.57. The molecular weight excluding hydrogens is 182 g/mol. The van der Waals surface area contributed by atoms with Crippen LogP contribution in [0.5, 0.6) is 0 Å². The van der Waals surface area contributed by atoms with Crippen molar-refractivity contribution in [2.24, 2.45) is 5.92 Å². The summed E-state index contributed by atoms with van der Waals surface area (Å²) in [6.07, 6.45) is 3.20. The average molecular weight is 198 g/mol. The van der Waals surface area contributed by atoms with Gasteiger partial charge in [0.05, 0.1) is 0 Å². The third-order valence-electron chi connectivity index (χ3n) is 2.28. The van der Waals surface area contributed by atoms with Crippen LogP contribution in [-0.2, 0) is 0 Å². The van der Waals surface area contributed by atoms with Crippen molar-refractivity contribution in [2.75, 3.05) is 0 Å². The molecule has 1 rings (SSSR count). The van der Waals surface area contributed by atoms with E-state index in [9.17, 15) is 4.39 Å². The van der Waals surface area contributed by atoms with Gasteiger partial charge in [0.15, 0.2) is 0 Å². The van der Waals surface area contributed by atoms with Crippen LogP contribution in [0.3, 0.4) is 0 Å². The fraction of sp³-hybridized carbons (Fsp3) is 0.600. The lowest BCUT2D eigenvalue weighted by atomic mass is 9.72. The minimum Gasteiger partial charge on any atom is -0.423 e. The SMILES string of the molecule is CC(C)CC1=CC=C(B(O)O)C(F)C1. The zero-order valence-electron chi connectivity index (χ0n) is 8.57. The second kappa shape index (κ2) is 4.76. The standard InChI is InChI=1S/C10H16BFO2/c1-7(2)5-8-3-4-9(11(13)14)10(12)6-8/h3-4,7,10,13-14H,5-6H2,1-2H3. The molecule has 14 heavy (non-hydrogen) atoms. The largest absolute Gasteiger partial charge is 0.487 e. The first-order valence-electron chi connectivity index (χ1n) is 4.90. The molecule has 0 spiro atoms. The Hall–Kier alpha value is -0.605. The van der Waals surface area contributed by atoms with Gasteiger partial charge in [0, 0.05) is 6.42 Å². The molecule has 0 radical (unpaired) electrons. The maximum atomic E-state index is 13.4. The van der Waals surface area contributed by atoms with Gasteiger partial charge in [-0.1, -0.05) is 31.6 Å². The van der Waals surface area contributed by atoms with Crippen LogP contribution in [0.4, 0.5) is 4.39 Å². The molecule has 2 N–H and O–H groups in total. The maximum Gasteiger partial charge on any atom is 0.487 e. The second-order valence-electron chi connectivity index (χ2n) is 4.13. The van der Waals surface area contributed by atoms with E-state index in [-0.39, 0.29) is 5.47 Å². The molecule has 0 saturated carbocycles. The lowest BCUT2D eigenvalue weighted by Gasteiger charge is -2.19. The summed E-state index contributed by atoms with van der Waals surface area (Å²) in [5, 5.41) is 17.7. The maximum absolute atomic E-state index is 13.4. The Morgan fingerprint density at radius 2 is 2.14 bits per heavy atom. The van der Waals surface area contributed by atoms with Crippen molar-refractivity contribution in [1.82, 2.24) is 0 Å². The number of halogens is 1. The summed E-state index contributed by atoms with van der Waals surface area (Å²) in [7, 11) is -1.66. The zero-order chi connectivity index (χ0) is 10.7. The molecule has 78 valence electrons. The first-order chi connectivity index (χ1) is 6.50. The molecular formula is C10H16BFO2. The van der Waals surface area contributed by atoms with Gasteiger partial charge >= 0.3 is 7.12 Å². The van der Waals surface area contributed by atoms with Gasteiger partial charge in [-0.15, -0.1) is 0 Å². The molecule has 0 aromatic heterocycles. The molecule has 0 bridgehead atoms. The normalized spacial score (nSPS) is 22.0. The van der Waals surface area contributed by atoms with Crippen molar-refractivity contribution < 1.29 is 14.4 Å². The summed E-state index contributed by atoms with van der Waals surface area (Å²) in [4.78, 5) is 0. The van der Waals surface area contributed by atoms with Gasteiger partial charge in [-0.3, -0.25) is 0 Å². The predicted molar refractivity (Wildman–Crippen MR) is 55.3 cm³/mol. The van der Waals surface area contributed by atoms with Crippen molar-refractivity contribution in [3.63, 3.8) is 0 Å². The fourth-order valence-corrected chi connectivity index (χ4v) is 1.66. The number of hydrogen-bond acceptors (Lipinski definition) is 2. The summed E-state index contributed by atoms with van der Waals surface area (Å²) < 4.78 is 13.4. The summed E-state index contributed by atoms with van der Waals surface area (Å²) >= 11 is 0. The Morgan fingerprint density at radius 1 is 1.50 bits per heavy atom. The second-order valence-corrected chi connectivity index (χ2v) is 4.13. The molecule has 0 aromatic rings. The van der Waals surface area contributed by atoms with Crippen molar-refractivity contribution in [1.29, 1.82) is 0 Å². The summed E-state index contributed by atoms with van der Waals surface area (Å²) in [5.74, 6) is 0.502. The van der Waals surface area contributed by atoms with Crippen LogP contribution in [0.15, 0.2) is 23.2 Å². The molecule has 1 unspecified atom stereocenters. The first kappa shape index (κ1) is 11.5. The van der Waals surface area contributed by atoms with Gasteiger partial charge < -0.3 is 10.0 Å². The summed E-state index contributed by atoms with van der Waals surface area (Å²) in [5.41, 5.74) is 1.11. The van der Waals surface area contributed by atoms with Gasteiger partial charge in [0.1, 0.15) is 6.17 Å². The highest BCUT2D eigenvalue weighted by atomic mass is 19.1. The van der Waals surface area contributed by atoms with Crippen molar-refractivity contribution in [3.05, 3.63) is 23.2 Å². The van der Waals surface area contributed by atoms with Crippen molar-refractivity contribution >= 4 is 7.12 Å². The van der Waals surface area contributed by atoms with E-state index in [4.69, 9.17) is 10.0 Å². The predicted octanol–water partition coefficient (Wildman–Crippen LogP) is 1.64. The van der Waals surface area contributed by atoms with Crippen LogP contribution in [0, 0.1) is 5.92 Å². The molecule has 2 nitrogen and oxygen atoms in total. The number of alkyl halides is 1. The summed E-state index contributed by atoms with van der Waals surface area (Å²) in [6, 6.07) is 0. The smallest absolute Gasteiger partial charge is 0.423 e. The molecule has 4 heteroatoms. The first-order valence-corrected chi connectivity index (χ1v) is 4.90. The minimum atomic E-state index is -1.66. The van der Waals surface area contributed by atoms with E-state index in [1.54, 1.807) is 6.08 Å². The van der Waals surface area contributed by atoms with E-state index >= 15 is 0 Å². The van der Waals surface area contributed by atoms with Gasteiger partial charge in [0.25, 0.3) is 0 Å². The topological polar surface area (TPSA) is 40.5 Å². The molecule has 1 aliphatic carbocycles. The van der Waals surface area contributed by atoms with Crippen LogP contribution in [0.2, 0.25) is 0 Å². The van der Waals surface area contributed by atoms with Crippen LogP contribution < -0.4 is 0 Å². The molecule has 0 fully saturated rings. The Labute approximate surface area is 84.3 Å². The molecule has 0 heterocycles. The number of hydrogen-bond donors (Lipinski definition) is 2. The van der Waals surface area contributed by atoms with Crippen LogP contribution in [0.1, 0.15) is 26.7 Å². The minimum absolute atomic E-state index is 0.0671. The third kappa shape index (κ3) is 2.96. The van der Waals surface area contributed by atoms with Crippen molar-refractivity contribution in [3.8, 4) is 0 Å². The van der Waals surface area contributed by atoms with Crippen LogP contribution >= 0.6 is 0 Å². The molecule has 0 aromatic carbocycles. The van der Waals surface area contributed by atoms with E-state index in [2.05, 4.69) is 13.8 Å². The fourth-order valence-electron chi connectivity index (χ4n) is 1.66. The van der Waals surface area contributed by atoms with E-state index in [0.29, 0.717) is 12.3 Å². The highest BCUT2D eigenvalue weighted by Crippen LogP contribution is 2.26. The van der Waals surface area contributed by atoms with Gasteiger partial charge in [-0.25, -0.2) is 4.39 Å². The quantitative estimate of drug-likeness (QED) is 0.676. The summed E-state index contributed by atoms with van der Waals surface area (Å²) in [6.45, 7) is 4.16. The van der Waals surface area contributed by atoms with Crippen LogP contribution in [-0.4, -0.2) is 23.3 Å². The lowest BCUT2D eigenvalue weighted by molar-refractivity contribution is 0.350. The van der Waals surface area contributed by atoms with Gasteiger partial charge in [-0.2, -0.15) is 0 Å². The number of allylic oxidation sites excluding steroid dienone is 4. The van der Waals surface area contributed by atoms with Gasteiger partial charge in [0.2, 0.25) is 0 Å². The Kier molecular flexibility index (Phi) is 3.90. The number of rotatable bonds is 3. The average Bonchev–Trinajstić information content (AvgIpc) is 2.01. The Morgan fingerprint density at radius 3 is 2.57 bits per heavy atom. The van der Waals surface area contributed by atoms with E-state index in [0.717, 1.165) is 12.0 Å². The molecule has 0 amide bonds. The Balaban J connectivity index is 2.68. The van der Waals surface area contributed by atoms with E-state index < -0.39 is 13.3 Å². The van der Waals surface area contributed by atoms with Crippen molar-refractivity contribution in [2.45, 2.75) is 32.9 Å². The molecule has 0 saturated heterocycles. The highest BCUT2D eigenvalue weighted by Gasteiger charge is 2.26. The van der Waals surface area contributed by atoms with E-state index in [1.807, 2.05) is 0 Å². The molecule has 0 aliphatic heterocycles. The molecule has 1 atom stereocenters. The lowest BCUT2D eigenvalue weighted by Crippen LogP contribution is -2.25. The highest BCUT2D eigenvalue weighted by molar-refractivity contribution is 6.51. The monoisotopic (exact) mass is 198 g/mol. The third-order valence-corrected chi connectivity index (χ3v) is 2.28. The van der Waals surface area contributed by atoms with Crippen LogP contribution in [0.25, 0.3) is 0 Å². The van der Waals surface area contributed by atoms with E-state index in [1.165, 1.54) is 6.08 Å². The van der Waals surface area contributed by atoms with Gasteiger partial charge in [-0.05, 0) is 17.8 Å².